The van der Waals surface area contributed by atoms with Crippen LogP contribution in [0.15, 0.2) is 15.9 Å². The summed E-state index contributed by atoms with van der Waals surface area (Å²) in [6, 6.07) is 0. The van der Waals surface area contributed by atoms with Crippen LogP contribution in [0.4, 0.5) is 0 Å². The fraction of sp³-hybridized carbons (Fsp3) is 0.583. The van der Waals surface area contributed by atoms with Crippen molar-refractivity contribution in [3.63, 3.8) is 0 Å². The molecular formula is C12H19AsN4O2. The van der Waals surface area contributed by atoms with E-state index < -0.39 is 14.7 Å². The molecule has 0 radical (unpaired) electrons. The molecule has 2 aromatic heterocycles. The van der Waals surface area contributed by atoms with Crippen LogP contribution in [0.2, 0.25) is 11.4 Å². The molecule has 0 amide bonds. The zero-order chi connectivity index (χ0) is 14.2. The van der Waals surface area contributed by atoms with E-state index >= 15 is 0 Å². The van der Waals surface area contributed by atoms with E-state index in [0.29, 0.717) is 22.5 Å². The average Bonchev–Trinajstić information content (AvgIpc) is 2.78. The summed E-state index contributed by atoms with van der Waals surface area (Å²) in [5, 5.41) is 0. The molecule has 0 saturated carbocycles. The molecule has 2 aromatic rings. The Kier molecular flexibility index (Phi) is 3.99. The molecule has 7 heteroatoms. The van der Waals surface area contributed by atoms with Crippen molar-refractivity contribution in [1.82, 2.24) is 19.1 Å². The minimum absolute atomic E-state index is 0.297. The molecule has 2 rings (SSSR count). The molecule has 2 heterocycles. The van der Waals surface area contributed by atoms with Crippen LogP contribution < -0.4 is 11.2 Å². The fourth-order valence-corrected chi connectivity index (χ4v) is 3.46. The van der Waals surface area contributed by atoms with E-state index in [1.807, 2.05) is 11.5 Å². The normalized spacial score (nSPS) is 13.3. The SMILES string of the molecule is CCCn1c(=O)[nH]c(=O)c2c1ncn2C(C)[As](C)C. The minimum atomic E-state index is -1.01. The molecule has 0 aliphatic carbocycles. The Morgan fingerprint density at radius 3 is 2.68 bits per heavy atom. The first kappa shape index (κ1) is 14.1. The van der Waals surface area contributed by atoms with Gasteiger partial charge in [0, 0.05) is 0 Å². The third kappa shape index (κ3) is 2.41. The van der Waals surface area contributed by atoms with E-state index in [1.54, 1.807) is 10.9 Å². The maximum atomic E-state index is 12.1. The Hall–Kier alpha value is -1.29. The molecule has 6 nitrogen and oxygen atoms in total. The van der Waals surface area contributed by atoms with Crippen molar-refractivity contribution in [3.8, 4) is 0 Å². The van der Waals surface area contributed by atoms with Gasteiger partial charge in [0.1, 0.15) is 0 Å². The van der Waals surface area contributed by atoms with Crippen molar-refractivity contribution in [2.45, 2.75) is 43.1 Å². The second kappa shape index (κ2) is 5.37. The molecular weight excluding hydrogens is 307 g/mol. The number of hydrogen-bond donors (Lipinski definition) is 1. The summed E-state index contributed by atoms with van der Waals surface area (Å²) in [5.41, 5.74) is 4.77. The zero-order valence-corrected chi connectivity index (χ0v) is 13.6. The molecule has 0 bridgehead atoms. The van der Waals surface area contributed by atoms with Gasteiger partial charge in [-0.2, -0.15) is 0 Å². The predicted molar refractivity (Wildman–Crippen MR) is 77.1 cm³/mol. The topological polar surface area (TPSA) is 72.7 Å². The first-order valence-electron chi connectivity index (χ1n) is 6.33. The summed E-state index contributed by atoms with van der Waals surface area (Å²) in [6.07, 6.45) is 2.51. The van der Waals surface area contributed by atoms with Crippen molar-refractivity contribution in [1.29, 1.82) is 0 Å². The Morgan fingerprint density at radius 2 is 2.11 bits per heavy atom. The van der Waals surface area contributed by atoms with Gasteiger partial charge in [0.25, 0.3) is 0 Å². The molecule has 19 heavy (non-hydrogen) atoms. The van der Waals surface area contributed by atoms with E-state index in [0.717, 1.165) is 6.42 Å². The second-order valence-corrected chi connectivity index (χ2v) is 10.4. The number of hydrogen-bond acceptors (Lipinski definition) is 3. The Balaban J connectivity index is 2.76. The predicted octanol–water partition coefficient (Wildman–Crippen LogP) is 1.15. The van der Waals surface area contributed by atoms with E-state index in [1.165, 1.54) is 0 Å². The molecule has 0 aliphatic heterocycles. The van der Waals surface area contributed by atoms with Gasteiger partial charge in [-0.25, -0.2) is 0 Å². The first-order valence-corrected chi connectivity index (χ1v) is 11.2. The van der Waals surface area contributed by atoms with Gasteiger partial charge in [0.05, 0.1) is 0 Å². The van der Waals surface area contributed by atoms with Crippen LogP contribution >= 0.6 is 0 Å². The van der Waals surface area contributed by atoms with E-state index in [4.69, 9.17) is 0 Å². The number of imidazole rings is 1. The van der Waals surface area contributed by atoms with Gasteiger partial charge in [-0.15, -0.1) is 0 Å². The third-order valence-electron chi connectivity index (χ3n) is 3.31. The van der Waals surface area contributed by atoms with Gasteiger partial charge in [-0.05, 0) is 0 Å². The van der Waals surface area contributed by atoms with Crippen LogP contribution in [-0.4, -0.2) is 33.8 Å². The van der Waals surface area contributed by atoms with Gasteiger partial charge < -0.3 is 0 Å². The number of H-pyrrole nitrogens is 1. The Labute approximate surface area is 115 Å². The standard InChI is InChI=1S/C12H19AsN4O2/c1-5-6-16-10-9(11(18)15-12(16)19)17(7-14-10)8(2)13(3)4/h7-8H,5-6H2,1-4H3,(H,15,18,19). The maximum absolute atomic E-state index is 12.1. The third-order valence-corrected chi connectivity index (χ3v) is 6.97. The monoisotopic (exact) mass is 326 g/mol. The molecule has 0 aliphatic rings. The average molecular weight is 326 g/mol. The van der Waals surface area contributed by atoms with Crippen LogP contribution in [0.1, 0.15) is 25.1 Å². The van der Waals surface area contributed by atoms with Crippen LogP contribution in [0.25, 0.3) is 11.2 Å². The first-order chi connectivity index (χ1) is 8.97. The molecule has 1 unspecified atom stereocenters. The van der Waals surface area contributed by atoms with Crippen molar-refractivity contribution >= 4 is 25.8 Å². The van der Waals surface area contributed by atoms with Gasteiger partial charge in [0.15, 0.2) is 0 Å². The molecule has 0 saturated heterocycles. The Morgan fingerprint density at radius 1 is 1.42 bits per heavy atom. The number of nitrogens with zero attached hydrogens (tertiary/aromatic N) is 3. The number of fused-ring (bicyclic) bond motifs is 1. The van der Waals surface area contributed by atoms with Crippen LogP contribution in [0.3, 0.4) is 0 Å². The molecule has 0 spiro atoms. The molecule has 1 N–H and O–H groups in total. The number of aromatic nitrogens is 4. The van der Waals surface area contributed by atoms with Crippen molar-refractivity contribution in [3.05, 3.63) is 27.2 Å². The number of aromatic amines is 1. The van der Waals surface area contributed by atoms with Gasteiger partial charge in [0.2, 0.25) is 0 Å². The van der Waals surface area contributed by atoms with Crippen molar-refractivity contribution < 1.29 is 0 Å². The summed E-state index contributed by atoms with van der Waals surface area (Å²) in [4.78, 5) is 30.9. The van der Waals surface area contributed by atoms with Gasteiger partial charge in [-0.3, -0.25) is 0 Å². The van der Waals surface area contributed by atoms with Crippen molar-refractivity contribution in [2.24, 2.45) is 0 Å². The van der Waals surface area contributed by atoms with E-state index in [9.17, 15) is 9.59 Å². The number of nitrogens with one attached hydrogen (secondary N) is 1. The van der Waals surface area contributed by atoms with Gasteiger partial charge >= 0.3 is 115 Å². The molecule has 104 valence electrons. The van der Waals surface area contributed by atoms with Gasteiger partial charge in [-0.1, -0.05) is 0 Å². The molecule has 0 fully saturated rings. The zero-order valence-electron chi connectivity index (χ0n) is 11.7. The van der Waals surface area contributed by atoms with Crippen molar-refractivity contribution in [2.75, 3.05) is 0 Å². The van der Waals surface area contributed by atoms with Crippen LogP contribution in [0, 0.1) is 0 Å². The summed E-state index contributed by atoms with van der Waals surface area (Å²) < 4.78 is 3.46. The van der Waals surface area contributed by atoms with Crippen LogP contribution in [0.5, 0.6) is 0 Å². The summed E-state index contributed by atoms with van der Waals surface area (Å²) >= 11 is -1.01. The summed E-state index contributed by atoms with van der Waals surface area (Å²) in [5.74, 6) is 0. The summed E-state index contributed by atoms with van der Waals surface area (Å²) in [7, 11) is 0. The van der Waals surface area contributed by atoms with E-state index in [2.05, 4.69) is 28.3 Å². The number of aryl methyl sites for hydroxylation is 1. The fourth-order valence-electron chi connectivity index (χ4n) is 2.05. The van der Waals surface area contributed by atoms with Crippen LogP contribution in [-0.2, 0) is 6.54 Å². The number of rotatable bonds is 4. The Bertz CT molecular complexity index is 698. The van der Waals surface area contributed by atoms with E-state index in [-0.39, 0.29) is 11.2 Å². The second-order valence-electron chi connectivity index (χ2n) is 4.83. The molecule has 1 atom stereocenters. The molecule has 0 aromatic carbocycles. The quantitative estimate of drug-likeness (QED) is 0.857. The summed E-state index contributed by atoms with van der Waals surface area (Å²) in [6.45, 7) is 4.66.